The molecule has 0 atom stereocenters. The van der Waals surface area contributed by atoms with Gasteiger partial charge in [0.05, 0.1) is 23.9 Å². The molecule has 0 spiro atoms. The van der Waals surface area contributed by atoms with E-state index in [1.807, 2.05) is 13.8 Å². The average Bonchev–Trinajstić information content (AvgIpc) is 2.71. The van der Waals surface area contributed by atoms with E-state index in [1.165, 1.54) is 0 Å². The summed E-state index contributed by atoms with van der Waals surface area (Å²) in [6.07, 6.45) is 0. The van der Waals surface area contributed by atoms with Gasteiger partial charge in [-0.1, -0.05) is 11.6 Å². The fraction of sp³-hybridized carbons (Fsp3) is 0.333. The van der Waals surface area contributed by atoms with Crippen LogP contribution in [0, 0.1) is 18.3 Å². The van der Waals surface area contributed by atoms with E-state index in [4.69, 9.17) is 26.3 Å². The number of hydrogen-bond acceptors (Lipinski definition) is 4. The number of ether oxygens (including phenoxy) is 2. The summed E-state index contributed by atoms with van der Waals surface area (Å²) in [5.74, 6) is 1.13. The number of aromatic nitrogens is 2. The smallest absolute Gasteiger partial charge is 0.162 e. The maximum absolute atomic E-state index is 8.93. The molecule has 0 saturated carbocycles. The summed E-state index contributed by atoms with van der Waals surface area (Å²) < 4.78 is 12.9. The Labute approximate surface area is 128 Å². The van der Waals surface area contributed by atoms with Crippen LogP contribution in [0.3, 0.4) is 0 Å². The van der Waals surface area contributed by atoms with Gasteiger partial charge in [-0.3, -0.25) is 4.68 Å². The molecule has 0 bridgehead atoms. The van der Waals surface area contributed by atoms with Crippen LogP contribution in [0.5, 0.6) is 11.5 Å². The molecule has 2 aromatic rings. The summed E-state index contributed by atoms with van der Waals surface area (Å²) >= 11 is 6.18. The van der Waals surface area contributed by atoms with Crippen LogP contribution in [-0.4, -0.2) is 16.4 Å². The summed E-state index contributed by atoms with van der Waals surface area (Å²) in [7, 11) is 1.78. The summed E-state index contributed by atoms with van der Waals surface area (Å²) in [5, 5.41) is 13.7. The van der Waals surface area contributed by atoms with Crippen molar-refractivity contribution < 1.29 is 9.47 Å². The van der Waals surface area contributed by atoms with Gasteiger partial charge in [-0.15, -0.1) is 0 Å². The maximum Gasteiger partial charge on any atom is 0.162 e. The lowest BCUT2D eigenvalue weighted by molar-refractivity contribution is 0.269. The number of nitriles is 1. The van der Waals surface area contributed by atoms with Crippen LogP contribution in [0.25, 0.3) is 0 Å². The SMILES string of the molecule is CCOc1cc(C#N)ccc1OCc1c(C)nn(C)c1Cl. The highest BCUT2D eigenvalue weighted by atomic mass is 35.5. The molecular weight excluding hydrogens is 290 g/mol. The zero-order valence-corrected chi connectivity index (χ0v) is 12.9. The predicted molar refractivity (Wildman–Crippen MR) is 79.6 cm³/mol. The Kier molecular flexibility index (Phi) is 4.71. The molecule has 1 aromatic heterocycles. The van der Waals surface area contributed by atoms with Crippen molar-refractivity contribution in [1.82, 2.24) is 9.78 Å². The highest BCUT2D eigenvalue weighted by molar-refractivity contribution is 6.30. The van der Waals surface area contributed by atoms with E-state index in [0.717, 1.165) is 11.3 Å². The Balaban J connectivity index is 2.21. The first-order valence-electron chi connectivity index (χ1n) is 6.54. The largest absolute Gasteiger partial charge is 0.490 e. The van der Waals surface area contributed by atoms with Gasteiger partial charge in [-0.25, -0.2) is 0 Å². The summed E-state index contributed by atoms with van der Waals surface area (Å²) in [6.45, 7) is 4.56. The molecule has 0 N–H and O–H groups in total. The molecule has 0 fully saturated rings. The summed E-state index contributed by atoms with van der Waals surface area (Å²) in [6, 6.07) is 7.16. The van der Waals surface area contributed by atoms with Gasteiger partial charge in [-0.05, 0) is 26.0 Å². The van der Waals surface area contributed by atoms with E-state index < -0.39 is 0 Å². The highest BCUT2D eigenvalue weighted by Crippen LogP contribution is 2.30. The van der Waals surface area contributed by atoms with Crippen LogP contribution >= 0.6 is 11.6 Å². The maximum atomic E-state index is 8.93. The minimum atomic E-state index is 0.296. The first kappa shape index (κ1) is 15.2. The number of hydrogen-bond donors (Lipinski definition) is 0. The van der Waals surface area contributed by atoms with E-state index in [2.05, 4.69) is 11.2 Å². The summed E-state index contributed by atoms with van der Waals surface area (Å²) in [4.78, 5) is 0. The van der Waals surface area contributed by atoms with Crippen LogP contribution < -0.4 is 9.47 Å². The molecule has 6 heteroatoms. The molecule has 5 nitrogen and oxygen atoms in total. The van der Waals surface area contributed by atoms with E-state index in [-0.39, 0.29) is 0 Å². The first-order chi connectivity index (χ1) is 10.1. The molecule has 0 aliphatic rings. The highest BCUT2D eigenvalue weighted by Gasteiger charge is 2.13. The average molecular weight is 306 g/mol. The third kappa shape index (κ3) is 3.29. The molecule has 0 unspecified atom stereocenters. The normalized spacial score (nSPS) is 10.2. The van der Waals surface area contributed by atoms with Gasteiger partial charge in [-0.2, -0.15) is 10.4 Å². The Bertz CT molecular complexity index is 689. The standard InChI is InChI=1S/C15H16ClN3O2/c1-4-20-14-7-11(8-17)5-6-13(14)21-9-12-10(2)18-19(3)15(12)16/h5-7H,4,9H2,1-3H3. The van der Waals surface area contributed by atoms with Gasteiger partial charge in [0.2, 0.25) is 0 Å². The molecule has 0 saturated heterocycles. The van der Waals surface area contributed by atoms with Crippen molar-refractivity contribution >= 4 is 11.6 Å². The van der Waals surface area contributed by atoms with Crippen LogP contribution in [0.4, 0.5) is 0 Å². The van der Waals surface area contributed by atoms with Crippen LogP contribution in [0.1, 0.15) is 23.7 Å². The topological polar surface area (TPSA) is 60.1 Å². The summed E-state index contributed by atoms with van der Waals surface area (Å²) in [5.41, 5.74) is 2.20. The van der Waals surface area contributed by atoms with Crippen molar-refractivity contribution in [3.05, 3.63) is 40.2 Å². The second kappa shape index (κ2) is 6.51. The van der Waals surface area contributed by atoms with Crippen molar-refractivity contribution in [2.45, 2.75) is 20.5 Å². The van der Waals surface area contributed by atoms with Crippen molar-refractivity contribution in [3.8, 4) is 17.6 Å². The van der Waals surface area contributed by atoms with Gasteiger partial charge < -0.3 is 9.47 Å². The second-order valence-electron chi connectivity index (χ2n) is 4.47. The minimum Gasteiger partial charge on any atom is -0.490 e. The lowest BCUT2D eigenvalue weighted by atomic mass is 10.2. The van der Waals surface area contributed by atoms with Gasteiger partial charge >= 0.3 is 0 Å². The van der Waals surface area contributed by atoms with Crippen molar-refractivity contribution in [1.29, 1.82) is 5.26 Å². The molecule has 1 aromatic carbocycles. The molecular formula is C15H16ClN3O2. The van der Waals surface area contributed by atoms with Gasteiger partial charge in [0, 0.05) is 18.7 Å². The van der Waals surface area contributed by atoms with Crippen molar-refractivity contribution in [2.24, 2.45) is 7.05 Å². The zero-order chi connectivity index (χ0) is 15.4. The first-order valence-corrected chi connectivity index (χ1v) is 6.92. The third-order valence-corrected chi connectivity index (χ3v) is 3.49. The van der Waals surface area contributed by atoms with Crippen molar-refractivity contribution in [3.63, 3.8) is 0 Å². The van der Waals surface area contributed by atoms with E-state index in [0.29, 0.717) is 35.4 Å². The number of rotatable bonds is 5. The lowest BCUT2D eigenvalue weighted by Crippen LogP contribution is -2.01. The van der Waals surface area contributed by atoms with Gasteiger partial charge in [0.25, 0.3) is 0 Å². The molecule has 0 radical (unpaired) electrons. The Hall–Kier alpha value is -2.19. The number of halogens is 1. The van der Waals surface area contributed by atoms with E-state index in [9.17, 15) is 0 Å². The molecule has 0 aliphatic heterocycles. The Morgan fingerprint density at radius 1 is 1.33 bits per heavy atom. The fourth-order valence-corrected chi connectivity index (χ4v) is 2.18. The lowest BCUT2D eigenvalue weighted by Gasteiger charge is -2.12. The van der Waals surface area contributed by atoms with E-state index >= 15 is 0 Å². The third-order valence-electron chi connectivity index (χ3n) is 3.01. The van der Waals surface area contributed by atoms with Crippen LogP contribution in [0.15, 0.2) is 18.2 Å². The second-order valence-corrected chi connectivity index (χ2v) is 4.83. The molecule has 1 heterocycles. The van der Waals surface area contributed by atoms with Gasteiger partial charge in [0.15, 0.2) is 11.5 Å². The van der Waals surface area contributed by atoms with Crippen molar-refractivity contribution in [2.75, 3.05) is 6.61 Å². The van der Waals surface area contributed by atoms with E-state index in [1.54, 1.807) is 29.9 Å². The fourth-order valence-electron chi connectivity index (χ4n) is 1.95. The Morgan fingerprint density at radius 2 is 2.10 bits per heavy atom. The predicted octanol–water partition coefficient (Wildman–Crippen LogP) is 3.23. The number of benzene rings is 1. The Morgan fingerprint density at radius 3 is 2.67 bits per heavy atom. The quantitative estimate of drug-likeness (QED) is 0.851. The monoisotopic (exact) mass is 305 g/mol. The van der Waals surface area contributed by atoms with Gasteiger partial charge in [0.1, 0.15) is 11.8 Å². The molecule has 110 valence electrons. The molecule has 0 aliphatic carbocycles. The molecule has 21 heavy (non-hydrogen) atoms. The zero-order valence-electron chi connectivity index (χ0n) is 12.2. The number of nitrogens with zero attached hydrogens (tertiary/aromatic N) is 3. The minimum absolute atomic E-state index is 0.296. The van der Waals surface area contributed by atoms with Crippen LogP contribution in [0.2, 0.25) is 5.15 Å². The van der Waals surface area contributed by atoms with Crippen LogP contribution in [-0.2, 0) is 13.7 Å². The number of aryl methyl sites for hydroxylation is 2. The molecule has 0 amide bonds. The molecule has 2 rings (SSSR count).